The number of hydrogen-bond acceptors (Lipinski definition) is 7. The van der Waals surface area contributed by atoms with Crippen molar-refractivity contribution in [2.24, 2.45) is 0 Å². The van der Waals surface area contributed by atoms with E-state index in [9.17, 15) is 16.8 Å². The molecular formula is C10H6Cl2N2O4S3. The van der Waals surface area contributed by atoms with Crippen LogP contribution in [0.3, 0.4) is 0 Å². The van der Waals surface area contributed by atoms with Crippen molar-refractivity contribution in [2.75, 3.05) is 0 Å². The van der Waals surface area contributed by atoms with Gasteiger partial charge in [0.05, 0.1) is 5.56 Å². The van der Waals surface area contributed by atoms with Crippen molar-refractivity contribution < 1.29 is 16.8 Å². The molecule has 0 atom stereocenters. The number of nitrogens with zero attached hydrogens (tertiary/aromatic N) is 2. The van der Waals surface area contributed by atoms with Crippen molar-refractivity contribution in [2.45, 2.75) is 9.24 Å². The first-order chi connectivity index (χ1) is 9.66. The number of aromatic nitrogens is 1. The lowest BCUT2D eigenvalue weighted by molar-refractivity contribution is 0.607. The van der Waals surface area contributed by atoms with Gasteiger partial charge in [0.25, 0.3) is 18.1 Å². The molecular weight excluding hydrogens is 379 g/mol. The second-order valence-electron chi connectivity index (χ2n) is 3.28. The fourth-order valence-corrected chi connectivity index (χ4v) is 3.74. The van der Waals surface area contributed by atoms with Crippen LogP contribution >= 0.6 is 32.7 Å². The number of hydrogen-bond donors (Lipinski definition) is 0. The zero-order chi connectivity index (χ0) is 16.1. The summed E-state index contributed by atoms with van der Waals surface area (Å²) in [6.07, 6.45) is 1.39. The average molecular weight is 385 g/mol. The zero-order valence-electron chi connectivity index (χ0n) is 9.97. The van der Waals surface area contributed by atoms with Crippen molar-refractivity contribution in [1.29, 1.82) is 5.26 Å². The normalized spacial score (nSPS) is 11.1. The molecule has 1 aromatic heterocycles. The molecule has 21 heavy (non-hydrogen) atoms. The van der Waals surface area contributed by atoms with E-state index in [0.717, 1.165) is 11.3 Å². The van der Waals surface area contributed by atoms with Crippen molar-refractivity contribution >= 4 is 50.8 Å². The maximum atomic E-state index is 10.8. The predicted molar refractivity (Wildman–Crippen MR) is 79.3 cm³/mol. The smallest absolute Gasteiger partial charge is 0.233 e. The van der Waals surface area contributed by atoms with Gasteiger partial charge in [-0.2, -0.15) is 5.26 Å². The molecule has 0 fully saturated rings. The Morgan fingerprint density at radius 3 is 2.05 bits per heavy atom. The molecule has 112 valence electrons. The Labute approximate surface area is 134 Å². The van der Waals surface area contributed by atoms with E-state index in [1.165, 1.54) is 24.4 Å². The first-order valence-corrected chi connectivity index (χ1v) is 10.4. The van der Waals surface area contributed by atoms with Crippen molar-refractivity contribution in [1.82, 2.24) is 4.98 Å². The van der Waals surface area contributed by atoms with Gasteiger partial charge in [0.15, 0.2) is 0 Å². The highest BCUT2D eigenvalue weighted by Crippen LogP contribution is 2.18. The van der Waals surface area contributed by atoms with E-state index in [1.807, 2.05) is 0 Å². The van der Waals surface area contributed by atoms with Crippen LogP contribution in [0.4, 0.5) is 0 Å². The molecule has 0 aliphatic heterocycles. The summed E-state index contributed by atoms with van der Waals surface area (Å²) < 4.78 is 42.4. The third-order valence-electron chi connectivity index (χ3n) is 1.89. The number of halogens is 2. The van der Waals surface area contributed by atoms with Crippen molar-refractivity contribution in [3.05, 3.63) is 41.4 Å². The second kappa shape index (κ2) is 7.20. The van der Waals surface area contributed by atoms with Crippen molar-refractivity contribution in [3.8, 4) is 6.07 Å². The molecule has 0 radical (unpaired) electrons. The van der Waals surface area contributed by atoms with E-state index in [-0.39, 0.29) is 14.8 Å². The summed E-state index contributed by atoms with van der Waals surface area (Å²) in [4.78, 5) is 3.34. The Morgan fingerprint density at radius 1 is 1.10 bits per heavy atom. The first kappa shape index (κ1) is 17.9. The minimum Gasteiger partial charge on any atom is -0.233 e. The summed E-state index contributed by atoms with van der Waals surface area (Å²) in [5.74, 6) is 0. The summed E-state index contributed by atoms with van der Waals surface area (Å²) in [6.45, 7) is 0. The lowest BCUT2D eigenvalue weighted by Gasteiger charge is -1.96. The standard InChI is InChI=1S/C7H4ClNO2S.C3H2ClNO2S2/c8-12(10,11)7-4-2-1-3-6(7)5-9;4-9(6,7)3-5-1-2-8-3/h1-4H;1-2H. The van der Waals surface area contributed by atoms with Crippen LogP contribution in [0, 0.1) is 11.3 Å². The third-order valence-corrected chi connectivity index (χ3v) is 6.02. The zero-order valence-corrected chi connectivity index (χ0v) is 13.9. The van der Waals surface area contributed by atoms with E-state index in [2.05, 4.69) is 4.98 Å². The molecule has 1 heterocycles. The molecule has 0 amide bonds. The second-order valence-corrected chi connectivity index (χ2v) is 9.45. The maximum absolute atomic E-state index is 10.8. The molecule has 0 N–H and O–H groups in total. The Kier molecular flexibility index (Phi) is 6.12. The minimum atomic E-state index is -3.80. The van der Waals surface area contributed by atoms with Gasteiger partial charge >= 0.3 is 0 Å². The fourth-order valence-electron chi connectivity index (χ4n) is 1.10. The topological polar surface area (TPSA) is 105 Å². The van der Waals surface area contributed by atoms with Gasteiger partial charge in [-0.15, -0.1) is 11.3 Å². The number of thiazole rings is 1. The van der Waals surface area contributed by atoms with Gasteiger partial charge in [-0.1, -0.05) is 12.1 Å². The van der Waals surface area contributed by atoms with Crippen LogP contribution in [-0.2, 0) is 18.1 Å². The Hall–Kier alpha value is -1.18. The summed E-state index contributed by atoms with van der Waals surface area (Å²) in [7, 11) is 2.61. The highest BCUT2D eigenvalue weighted by atomic mass is 35.7. The van der Waals surface area contributed by atoms with Gasteiger partial charge < -0.3 is 0 Å². The molecule has 0 saturated carbocycles. The minimum absolute atomic E-state index is 0.0517. The molecule has 0 bridgehead atoms. The molecule has 0 unspecified atom stereocenters. The monoisotopic (exact) mass is 384 g/mol. The van der Waals surface area contributed by atoms with E-state index in [4.69, 9.17) is 26.6 Å². The highest BCUT2D eigenvalue weighted by Gasteiger charge is 2.13. The molecule has 0 spiro atoms. The molecule has 0 aliphatic rings. The molecule has 2 aromatic rings. The molecule has 1 aromatic carbocycles. The fraction of sp³-hybridized carbons (Fsp3) is 0. The summed E-state index contributed by atoms with van der Waals surface area (Å²) >= 11 is 0.999. The van der Waals surface area contributed by atoms with Crippen LogP contribution in [0.25, 0.3) is 0 Å². The largest absolute Gasteiger partial charge is 0.288 e. The van der Waals surface area contributed by atoms with E-state index >= 15 is 0 Å². The van der Waals surface area contributed by atoms with Crippen LogP contribution < -0.4 is 0 Å². The van der Waals surface area contributed by atoms with E-state index < -0.39 is 18.1 Å². The van der Waals surface area contributed by atoms with Crippen LogP contribution in [-0.4, -0.2) is 21.8 Å². The van der Waals surface area contributed by atoms with Gasteiger partial charge in [0.1, 0.15) is 11.0 Å². The highest BCUT2D eigenvalue weighted by molar-refractivity contribution is 8.15. The predicted octanol–water partition coefficient (Wildman–Crippen LogP) is 2.56. The first-order valence-electron chi connectivity index (χ1n) is 4.94. The lowest BCUT2D eigenvalue weighted by atomic mass is 10.2. The maximum Gasteiger partial charge on any atom is 0.288 e. The van der Waals surface area contributed by atoms with Gasteiger partial charge in [0.2, 0.25) is 4.34 Å². The van der Waals surface area contributed by atoms with Gasteiger partial charge in [-0.3, -0.25) is 0 Å². The molecule has 11 heteroatoms. The quantitative estimate of drug-likeness (QED) is 0.736. The summed E-state index contributed by atoms with van der Waals surface area (Å²) in [5, 5.41) is 10.1. The summed E-state index contributed by atoms with van der Waals surface area (Å²) in [5.41, 5.74) is 0.0625. The van der Waals surface area contributed by atoms with E-state index in [0.29, 0.717) is 0 Å². The van der Waals surface area contributed by atoms with Crippen LogP contribution in [0.2, 0.25) is 0 Å². The molecule has 0 saturated heterocycles. The molecule has 0 aliphatic carbocycles. The lowest BCUT2D eigenvalue weighted by Crippen LogP contribution is -1.93. The van der Waals surface area contributed by atoms with Crippen LogP contribution in [0.1, 0.15) is 5.56 Å². The van der Waals surface area contributed by atoms with E-state index in [1.54, 1.807) is 17.5 Å². The number of benzene rings is 1. The third kappa shape index (κ3) is 5.61. The Balaban J connectivity index is 0.000000219. The SMILES string of the molecule is N#Cc1ccccc1S(=O)(=O)Cl.O=S(=O)(Cl)c1nccs1. The van der Waals surface area contributed by atoms with Crippen molar-refractivity contribution in [3.63, 3.8) is 0 Å². The summed E-state index contributed by atoms with van der Waals surface area (Å²) in [6, 6.07) is 7.51. The van der Waals surface area contributed by atoms with Gasteiger partial charge in [-0.25, -0.2) is 21.8 Å². The number of nitriles is 1. The molecule has 2 rings (SSSR count). The molecule has 6 nitrogen and oxygen atoms in total. The van der Waals surface area contributed by atoms with Gasteiger partial charge in [-0.05, 0) is 12.1 Å². The number of rotatable bonds is 2. The average Bonchev–Trinajstić information content (AvgIpc) is 2.92. The Bertz CT molecular complexity index is 856. The van der Waals surface area contributed by atoms with Crippen LogP contribution in [0.5, 0.6) is 0 Å². The van der Waals surface area contributed by atoms with Gasteiger partial charge in [0, 0.05) is 32.9 Å². The Morgan fingerprint density at radius 2 is 1.71 bits per heavy atom. The van der Waals surface area contributed by atoms with Crippen LogP contribution in [0.15, 0.2) is 45.1 Å².